The van der Waals surface area contributed by atoms with Crippen LogP contribution < -0.4 is 15.5 Å². The fraction of sp³-hybridized carbons (Fsp3) is 0.571. The minimum Gasteiger partial charge on any atom is -0.350 e. The van der Waals surface area contributed by atoms with Gasteiger partial charge in [-0.1, -0.05) is 0 Å². The molecular weight excluding hydrogens is 266 g/mol. The van der Waals surface area contributed by atoms with E-state index in [-0.39, 0.29) is 0 Å². The van der Waals surface area contributed by atoms with Gasteiger partial charge in [0.25, 0.3) is 0 Å². The number of nitrogens with zero attached hydrogens (tertiary/aromatic N) is 6. The zero-order valence-corrected chi connectivity index (χ0v) is 11.8. The average Bonchev–Trinajstić information content (AvgIpc) is 3.24. The molecule has 1 saturated heterocycles. The molecule has 0 bridgehead atoms. The zero-order chi connectivity index (χ0) is 14.1. The minimum absolute atomic E-state index is 0.386. The summed E-state index contributed by atoms with van der Waals surface area (Å²) in [6.45, 7) is 2.10. The quantitative estimate of drug-likeness (QED) is 0.868. The van der Waals surface area contributed by atoms with Gasteiger partial charge >= 0.3 is 0 Å². The number of nitrogens with one attached hydrogen (secondary N) is 1. The normalized spacial score (nSPS) is 30.8. The smallest absolute Gasteiger partial charge is 0.244 e. The Kier molecular flexibility index (Phi) is 2.98. The highest BCUT2D eigenvalue weighted by Gasteiger charge is 2.44. The summed E-state index contributed by atoms with van der Waals surface area (Å²) in [6.07, 6.45) is 9.88. The molecule has 7 nitrogen and oxygen atoms in total. The lowest BCUT2D eigenvalue weighted by Gasteiger charge is -2.24. The Balaban J connectivity index is 1.39. The molecule has 3 aliphatic rings. The Morgan fingerprint density at radius 3 is 2.95 bits per heavy atom. The van der Waals surface area contributed by atoms with Crippen molar-refractivity contribution < 1.29 is 0 Å². The molecule has 7 heteroatoms. The van der Waals surface area contributed by atoms with Crippen molar-refractivity contribution in [2.75, 3.05) is 18.0 Å². The first-order valence-electron chi connectivity index (χ1n) is 7.42. The highest BCUT2D eigenvalue weighted by Crippen LogP contribution is 2.46. The topological polar surface area (TPSA) is 79.9 Å². The number of anilines is 1. The van der Waals surface area contributed by atoms with Crippen molar-refractivity contribution in [2.24, 2.45) is 15.6 Å². The van der Waals surface area contributed by atoms with E-state index in [4.69, 9.17) is 0 Å². The average molecular weight is 284 g/mol. The van der Waals surface area contributed by atoms with Crippen molar-refractivity contribution in [3.8, 4) is 0 Å². The van der Waals surface area contributed by atoms with Gasteiger partial charge in [0.05, 0.1) is 0 Å². The van der Waals surface area contributed by atoms with Crippen LogP contribution in [-0.4, -0.2) is 41.4 Å². The van der Waals surface area contributed by atoms with E-state index in [1.54, 1.807) is 0 Å². The lowest BCUT2D eigenvalue weighted by Crippen LogP contribution is -2.38. The third-order valence-corrected chi connectivity index (χ3v) is 4.69. The van der Waals surface area contributed by atoms with Crippen LogP contribution in [0.1, 0.15) is 25.7 Å². The van der Waals surface area contributed by atoms with Crippen LogP contribution >= 0.6 is 0 Å². The van der Waals surface area contributed by atoms with Crippen molar-refractivity contribution in [3.63, 3.8) is 0 Å². The molecule has 2 unspecified atom stereocenters. The molecule has 1 aliphatic carbocycles. The Bertz CT molecular complexity index is 570. The van der Waals surface area contributed by atoms with Crippen LogP contribution in [-0.2, 0) is 0 Å². The van der Waals surface area contributed by atoms with Crippen LogP contribution in [0.25, 0.3) is 0 Å². The zero-order valence-electron chi connectivity index (χ0n) is 11.8. The summed E-state index contributed by atoms with van der Waals surface area (Å²) in [5.41, 5.74) is 0.386. The molecular formula is C14H18N7. The van der Waals surface area contributed by atoms with Crippen LogP contribution in [0.3, 0.4) is 0 Å². The predicted molar refractivity (Wildman–Crippen MR) is 80.1 cm³/mol. The molecule has 3 heterocycles. The molecule has 4 rings (SSSR count). The molecule has 21 heavy (non-hydrogen) atoms. The van der Waals surface area contributed by atoms with E-state index in [9.17, 15) is 0 Å². The maximum absolute atomic E-state index is 4.37. The van der Waals surface area contributed by atoms with Gasteiger partial charge in [0.15, 0.2) is 0 Å². The Hall–Kier alpha value is -2.18. The fourth-order valence-corrected chi connectivity index (χ4v) is 3.70. The van der Waals surface area contributed by atoms with Gasteiger partial charge in [-0.05, 0) is 37.2 Å². The number of hydrogen-bond acceptors (Lipinski definition) is 6. The summed E-state index contributed by atoms with van der Waals surface area (Å²) in [4.78, 5) is 11.0. The first-order valence-corrected chi connectivity index (χ1v) is 7.42. The molecule has 1 N–H and O–H groups in total. The maximum atomic E-state index is 4.37. The Morgan fingerprint density at radius 2 is 2.14 bits per heavy atom. The second-order valence-electron chi connectivity index (χ2n) is 6.09. The van der Waals surface area contributed by atoms with Gasteiger partial charge in [-0.15, -0.1) is 10.2 Å². The number of aromatic nitrogens is 2. The van der Waals surface area contributed by atoms with E-state index in [1.165, 1.54) is 19.2 Å². The van der Waals surface area contributed by atoms with Crippen molar-refractivity contribution in [3.05, 3.63) is 18.5 Å². The van der Waals surface area contributed by atoms with Crippen molar-refractivity contribution in [1.82, 2.24) is 20.6 Å². The van der Waals surface area contributed by atoms with Gasteiger partial charge in [0, 0.05) is 31.5 Å². The molecule has 2 fully saturated rings. The van der Waals surface area contributed by atoms with Crippen LogP contribution in [0.5, 0.6) is 0 Å². The third-order valence-electron chi connectivity index (χ3n) is 4.69. The molecule has 1 spiro atoms. The Morgan fingerprint density at radius 1 is 1.24 bits per heavy atom. The highest BCUT2D eigenvalue weighted by molar-refractivity contribution is 5.92. The molecule has 1 radical (unpaired) electrons. The molecule has 1 saturated carbocycles. The van der Waals surface area contributed by atoms with E-state index in [1.807, 2.05) is 18.5 Å². The van der Waals surface area contributed by atoms with E-state index >= 15 is 0 Å². The summed E-state index contributed by atoms with van der Waals surface area (Å²) >= 11 is 0. The summed E-state index contributed by atoms with van der Waals surface area (Å²) in [5, 5.41) is 15.2. The monoisotopic (exact) mass is 284 g/mol. The van der Waals surface area contributed by atoms with Gasteiger partial charge in [0.2, 0.25) is 11.9 Å². The van der Waals surface area contributed by atoms with Gasteiger partial charge in [-0.25, -0.2) is 9.97 Å². The minimum atomic E-state index is 0.386. The molecule has 1 aromatic rings. The van der Waals surface area contributed by atoms with Crippen LogP contribution in [0.2, 0.25) is 0 Å². The first kappa shape index (κ1) is 12.6. The third kappa shape index (κ3) is 2.43. The number of guanidine groups is 1. The van der Waals surface area contributed by atoms with Gasteiger partial charge < -0.3 is 10.2 Å². The van der Waals surface area contributed by atoms with Crippen molar-refractivity contribution >= 4 is 18.2 Å². The summed E-state index contributed by atoms with van der Waals surface area (Å²) < 4.78 is 0. The summed E-state index contributed by atoms with van der Waals surface area (Å²) in [6, 6.07) is 2.31. The highest BCUT2D eigenvalue weighted by atomic mass is 15.4. The molecule has 0 amide bonds. The second kappa shape index (κ2) is 4.98. The molecule has 2 aliphatic heterocycles. The van der Waals surface area contributed by atoms with Crippen LogP contribution in [0.15, 0.2) is 28.7 Å². The van der Waals surface area contributed by atoms with Crippen LogP contribution in [0.4, 0.5) is 5.95 Å². The number of rotatable bonds is 2. The number of hydrogen-bond donors (Lipinski definition) is 1. The fourth-order valence-electron chi connectivity index (χ4n) is 3.70. The van der Waals surface area contributed by atoms with Crippen LogP contribution in [0, 0.1) is 5.41 Å². The van der Waals surface area contributed by atoms with E-state index in [0.717, 1.165) is 31.9 Å². The molecule has 2 atom stereocenters. The van der Waals surface area contributed by atoms with Crippen molar-refractivity contribution in [2.45, 2.75) is 31.7 Å². The van der Waals surface area contributed by atoms with E-state index in [2.05, 4.69) is 35.7 Å². The van der Waals surface area contributed by atoms with E-state index in [0.29, 0.717) is 17.4 Å². The largest absolute Gasteiger partial charge is 0.350 e. The van der Waals surface area contributed by atoms with Gasteiger partial charge in [0.1, 0.15) is 6.34 Å². The molecule has 109 valence electrons. The summed E-state index contributed by atoms with van der Waals surface area (Å²) in [5.74, 6) is 1.51. The standard InChI is InChI=1S/C14H18N7/c1-5-15-13(16-6-1)21-7-4-14(9-21)3-2-11(8-14)19-12-17-10-18-20-12/h1,5-6,10-11H,2-4,7-9H2,(H,19,20). The van der Waals surface area contributed by atoms with Crippen molar-refractivity contribution in [1.29, 1.82) is 0 Å². The van der Waals surface area contributed by atoms with Gasteiger partial charge in [-0.2, -0.15) is 5.32 Å². The van der Waals surface area contributed by atoms with E-state index < -0.39 is 0 Å². The molecule has 0 aromatic carbocycles. The Labute approximate surface area is 123 Å². The van der Waals surface area contributed by atoms with Gasteiger partial charge in [-0.3, -0.25) is 0 Å². The lowest BCUT2D eigenvalue weighted by atomic mass is 9.85. The predicted octanol–water partition coefficient (Wildman–Crippen LogP) is 0.732. The second-order valence-corrected chi connectivity index (χ2v) is 6.09. The SMILES string of the molecule is C1=NN=C(NC2CCC3(CCN(c4ncccn4)C3)C2)[N]1. The first-order chi connectivity index (χ1) is 10.3. The maximum Gasteiger partial charge on any atom is 0.244 e. The molecule has 1 aromatic heterocycles. The summed E-state index contributed by atoms with van der Waals surface area (Å²) in [7, 11) is 0. The lowest BCUT2D eigenvalue weighted by molar-refractivity contribution is 0.332.